The minimum atomic E-state index is -0.178. The standard InChI is InChI=1S/C22H25N3O2/c1-14(2)25(22(27)24-20-11-15(3)9-10-16(20)4)13-17-12-21(26)23-19-8-6-5-7-18(17)19/h5-12,14H,13H2,1-4H3,(H,23,26)(H,24,27). The zero-order valence-corrected chi connectivity index (χ0v) is 16.2. The number of aromatic nitrogens is 1. The van der Waals surface area contributed by atoms with Gasteiger partial charge in [0.25, 0.3) is 0 Å². The molecular formula is C22H25N3O2. The molecule has 1 aromatic heterocycles. The first kappa shape index (κ1) is 18.7. The van der Waals surface area contributed by atoms with Crippen LogP contribution in [0.5, 0.6) is 0 Å². The maximum absolute atomic E-state index is 13.0. The number of hydrogen-bond donors (Lipinski definition) is 2. The van der Waals surface area contributed by atoms with E-state index < -0.39 is 0 Å². The number of H-pyrrole nitrogens is 1. The van der Waals surface area contributed by atoms with E-state index >= 15 is 0 Å². The zero-order chi connectivity index (χ0) is 19.6. The Morgan fingerprint density at radius 3 is 2.59 bits per heavy atom. The zero-order valence-electron chi connectivity index (χ0n) is 16.2. The minimum Gasteiger partial charge on any atom is -0.322 e. The van der Waals surface area contributed by atoms with Crippen LogP contribution in [0.3, 0.4) is 0 Å². The van der Waals surface area contributed by atoms with Gasteiger partial charge >= 0.3 is 6.03 Å². The molecule has 0 bridgehead atoms. The number of pyridine rings is 1. The summed E-state index contributed by atoms with van der Waals surface area (Å²) in [6.45, 7) is 8.27. The van der Waals surface area contributed by atoms with Crippen LogP contribution < -0.4 is 10.9 Å². The van der Waals surface area contributed by atoms with Crippen molar-refractivity contribution in [3.05, 3.63) is 75.6 Å². The van der Waals surface area contributed by atoms with E-state index in [-0.39, 0.29) is 17.6 Å². The Labute approximate surface area is 159 Å². The second kappa shape index (κ2) is 7.66. The number of anilines is 1. The summed E-state index contributed by atoms with van der Waals surface area (Å²) in [5, 5.41) is 3.96. The van der Waals surface area contributed by atoms with Gasteiger partial charge in [0.2, 0.25) is 5.56 Å². The van der Waals surface area contributed by atoms with Crippen molar-refractivity contribution in [2.75, 3.05) is 5.32 Å². The van der Waals surface area contributed by atoms with Crippen LogP contribution >= 0.6 is 0 Å². The Morgan fingerprint density at radius 1 is 1.11 bits per heavy atom. The summed E-state index contributed by atoms with van der Waals surface area (Å²) < 4.78 is 0. The van der Waals surface area contributed by atoms with Crippen molar-refractivity contribution >= 4 is 22.6 Å². The first-order valence-electron chi connectivity index (χ1n) is 9.11. The first-order valence-corrected chi connectivity index (χ1v) is 9.11. The molecule has 0 saturated heterocycles. The number of urea groups is 1. The fourth-order valence-electron chi connectivity index (χ4n) is 3.14. The number of aromatic amines is 1. The summed E-state index contributed by atoms with van der Waals surface area (Å²) in [5.41, 5.74) is 4.36. The van der Waals surface area contributed by atoms with Gasteiger partial charge in [0, 0.05) is 35.2 Å². The SMILES string of the molecule is Cc1ccc(C)c(NC(=O)N(Cc2cc(=O)[nH]c3ccccc23)C(C)C)c1. The predicted octanol–water partition coefficient (Wildman–Crippen LogP) is 4.59. The van der Waals surface area contributed by atoms with Crippen LogP contribution in [0, 0.1) is 13.8 Å². The third kappa shape index (κ3) is 4.19. The lowest BCUT2D eigenvalue weighted by atomic mass is 10.1. The van der Waals surface area contributed by atoms with Gasteiger partial charge in [-0.3, -0.25) is 4.79 Å². The number of nitrogens with zero attached hydrogens (tertiary/aromatic N) is 1. The number of carbonyl (C=O) groups is 1. The monoisotopic (exact) mass is 363 g/mol. The average molecular weight is 363 g/mol. The van der Waals surface area contributed by atoms with Crippen molar-refractivity contribution in [2.24, 2.45) is 0 Å². The molecule has 0 aliphatic rings. The molecule has 140 valence electrons. The van der Waals surface area contributed by atoms with E-state index in [1.807, 2.05) is 70.2 Å². The van der Waals surface area contributed by atoms with E-state index in [4.69, 9.17) is 0 Å². The third-order valence-corrected chi connectivity index (χ3v) is 4.70. The number of hydrogen-bond acceptors (Lipinski definition) is 2. The molecule has 0 fully saturated rings. The number of amides is 2. The molecule has 0 atom stereocenters. The van der Waals surface area contributed by atoms with Gasteiger partial charge in [-0.15, -0.1) is 0 Å². The number of para-hydroxylation sites is 1. The molecule has 0 aliphatic carbocycles. The maximum Gasteiger partial charge on any atom is 0.322 e. The van der Waals surface area contributed by atoms with E-state index in [9.17, 15) is 9.59 Å². The second-order valence-corrected chi connectivity index (χ2v) is 7.17. The smallest absolute Gasteiger partial charge is 0.322 e. The number of rotatable bonds is 4. The van der Waals surface area contributed by atoms with Crippen LogP contribution in [-0.4, -0.2) is 22.0 Å². The average Bonchev–Trinajstić information content (AvgIpc) is 2.62. The molecule has 3 aromatic rings. The van der Waals surface area contributed by atoms with Crippen LogP contribution in [0.15, 0.2) is 53.3 Å². The molecule has 1 heterocycles. The summed E-state index contributed by atoms with van der Waals surface area (Å²) in [6, 6.07) is 15.0. The van der Waals surface area contributed by atoms with Gasteiger partial charge in [-0.2, -0.15) is 0 Å². The number of fused-ring (bicyclic) bond motifs is 1. The van der Waals surface area contributed by atoms with Crippen molar-refractivity contribution in [1.29, 1.82) is 0 Å². The highest BCUT2D eigenvalue weighted by atomic mass is 16.2. The Kier molecular flexibility index (Phi) is 5.31. The minimum absolute atomic E-state index is 0.0202. The van der Waals surface area contributed by atoms with Gasteiger partial charge in [0.1, 0.15) is 0 Å². The molecule has 2 amide bonds. The summed E-state index contributed by atoms with van der Waals surface area (Å²) in [6.07, 6.45) is 0. The predicted molar refractivity (Wildman–Crippen MR) is 110 cm³/mol. The molecule has 0 spiro atoms. The number of carbonyl (C=O) groups excluding carboxylic acids is 1. The molecule has 27 heavy (non-hydrogen) atoms. The van der Waals surface area contributed by atoms with Gasteiger partial charge in [-0.05, 0) is 56.5 Å². The molecule has 2 N–H and O–H groups in total. The molecule has 5 heteroatoms. The molecule has 3 rings (SSSR count). The van der Waals surface area contributed by atoms with Gasteiger partial charge in [-0.1, -0.05) is 30.3 Å². The van der Waals surface area contributed by atoms with Crippen molar-refractivity contribution in [1.82, 2.24) is 9.88 Å². The molecule has 5 nitrogen and oxygen atoms in total. The maximum atomic E-state index is 13.0. The Hall–Kier alpha value is -3.08. The molecule has 0 unspecified atom stereocenters. The quantitative estimate of drug-likeness (QED) is 0.712. The van der Waals surface area contributed by atoms with Crippen LogP contribution in [0.2, 0.25) is 0 Å². The van der Waals surface area contributed by atoms with E-state index in [2.05, 4.69) is 10.3 Å². The van der Waals surface area contributed by atoms with E-state index in [1.165, 1.54) is 0 Å². The first-order chi connectivity index (χ1) is 12.8. The fraction of sp³-hybridized carbons (Fsp3) is 0.273. The highest BCUT2D eigenvalue weighted by Gasteiger charge is 2.19. The van der Waals surface area contributed by atoms with Gasteiger partial charge in [0.05, 0.1) is 0 Å². The van der Waals surface area contributed by atoms with Crippen LogP contribution in [-0.2, 0) is 6.54 Å². The van der Waals surface area contributed by atoms with Crippen LogP contribution in [0.25, 0.3) is 10.9 Å². The topological polar surface area (TPSA) is 65.2 Å². The van der Waals surface area contributed by atoms with Crippen molar-refractivity contribution in [2.45, 2.75) is 40.3 Å². The lowest BCUT2D eigenvalue weighted by molar-refractivity contribution is 0.194. The summed E-state index contributed by atoms with van der Waals surface area (Å²) in [5.74, 6) is 0. The van der Waals surface area contributed by atoms with Crippen molar-refractivity contribution < 1.29 is 4.79 Å². The largest absolute Gasteiger partial charge is 0.322 e. The van der Waals surface area contributed by atoms with Gasteiger partial charge < -0.3 is 15.2 Å². The van der Waals surface area contributed by atoms with Gasteiger partial charge in [-0.25, -0.2) is 4.79 Å². The molecular weight excluding hydrogens is 338 g/mol. The number of aryl methyl sites for hydroxylation is 2. The summed E-state index contributed by atoms with van der Waals surface area (Å²) >= 11 is 0. The van der Waals surface area contributed by atoms with E-state index in [1.54, 1.807) is 11.0 Å². The highest BCUT2D eigenvalue weighted by Crippen LogP contribution is 2.20. The lowest BCUT2D eigenvalue weighted by Crippen LogP contribution is -2.39. The number of nitrogens with one attached hydrogen (secondary N) is 2. The Bertz CT molecular complexity index is 1040. The fourth-order valence-corrected chi connectivity index (χ4v) is 3.14. The Morgan fingerprint density at radius 2 is 1.85 bits per heavy atom. The van der Waals surface area contributed by atoms with Crippen molar-refractivity contribution in [3.63, 3.8) is 0 Å². The highest BCUT2D eigenvalue weighted by molar-refractivity contribution is 5.91. The summed E-state index contributed by atoms with van der Waals surface area (Å²) in [4.78, 5) is 29.6. The van der Waals surface area contributed by atoms with E-state index in [0.29, 0.717) is 6.54 Å². The third-order valence-electron chi connectivity index (χ3n) is 4.70. The molecule has 0 radical (unpaired) electrons. The molecule has 2 aromatic carbocycles. The van der Waals surface area contributed by atoms with Gasteiger partial charge in [0.15, 0.2) is 0 Å². The Balaban J connectivity index is 1.92. The normalized spacial score (nSPS) is 11.0. The van der Waals surface area contributed by atoms with Crippen LogP contribution in [0.1, 0.15) is 30.5 Å². The summed E-state index contributed by atoms with van der Waals surface area (Å²) in [7, 11) is 0. The molecule has 0 saturated carbocycles. The molecule has 0 aliphatic heterocycles. The van der Waals surface area contributed by atoms with Crippen LogP contribution in [0.4, 0.5) is 10.5 Å². The lowest BCUT2D eigenvalue weighted by Gasteiger charge is -2.28. The van der Waals surface area contributed by atoms with E-state index in [0.717, 1.165) is 33.3 Å². The number of benzene rings is 2. The van der Waals surface area contributed by atoms with Crippen molar-refractivity contribution in [3.8, 4) is 0 Å². The second-order valence-electron chi connectivity index (χ2n) is 7.17.